The Morgan fingerprint density at radius 3 is 2.43 bits per heavy atom. The average molecular weight is 306 g/mol. The molecule has 0 aliphatic rings. The molecule has 4 nitrogen and oxygen atoms in total. The van der Waals surface area contributed by atoms with Crippen molar-refractivity contribution in [2.75, 3.05) is 0 Å². The number of carbonyl (C=O) groups is 1. The third-order valence-corrected chi connectivity index (χ3v) is 4.11. The topological polar surface area (TPSA) is 46.9 Å². The summed E-state index contributed by atoms with van der Waals surface area (Å²) < 4.78 is 1.79. The minimum absolute atomic E-state index is 0.0534. The van der Waals surface area contributed by atoms with Crippen LogP contribution in [0.15, 0.2) is 24.3 Å². The van der Waals surface area contributed by atoms with Crippen LogP contribution in [0.1, 0.15) is 42.0 Å². The van der Waals surface area contributed by atoms with E-state index in [1.54, 1.807) is 16.8 Å². The minimum Gasteiger partial charge on any atom is -0.350 e. The molecule has 0 radical (unpaired) electrons. The molecule has 2 aromatic rings. The molecule has 0 fully saturated rings. The Balaban J connectivity index is 2.23. The monoisotopic (exact) mass is 305 g/mol. The Kier molecular flexibility index (Phi) is 4.68. The Labute approximate surface area is 130 Å². The number of nitrogens with zero attached hydrogens (tertiary/aromatic N) is 2. The number of aryl methyl sites for hydroxylation is 1. The first-order valence-corrected chi connectivity index (χ1v) is 7.44. The van der Waals surface area contributed by atoms with Crippen molar-refractivity contribution in [2.45, 2.75) is 40.2 Å². The van der Waals surface area contributed by atoms with Crippen LogP contribution >= 0.6 is 11.6 Å². The Bertz CT molecular complexity index is 646. The molecular formula is C16H20ClN3O. The maximum Gasteiger partial charge on any atom is 0.251 e. The van der Waals surface area contributed by atoms with Crippen LogP contribution < -0.4 is 5.32 Å². The zero-order chi connectivity index (χ0) is 15.6. The van der Waals surface area contributed by atoms with Gasteiger partial charge in [-0.3, -0.25) is 4.79 Å². The number of benzene rings is 1. The minimum atomic E-state index is -0.0534. The summed E-state index contributed by atoms with van der Waals surface area (Å²) in [5.74, 6) is -0.0534. The molecule has 0 saturated heterocycles. The molecular weight excluding hydrogens is 286 g/mol. The molecule has 2 rings (SSSR count). The largest absolute Gasteiger partial charge is 0.350 e. The molecule has 0 aliphatic heterocycles. The SMILES string of the molecule is CCC(C)NC(=O)c1ccc(-n2nc(C)c(Cl)c2C)cc1. The lowest BCUT2D eigenvalue weighted by Crippen LogP contribution is -2.31. The lowest BCUT2D eigenvalue weighted by molar-refractivity contribution is 0.0939. The third kappa shape index (κ3) is 3.27. The second-order valence-electron chi connectivity index (χ2n) is 5.23. The zero-order valence-corrected chi connectivity index (χ0v) is 13.5. The second kappa shape index (κ2) is 6.31. The summed E-state index contributed by atoms with van der Waals surface area (Å²) in [6.45, 7) is 7.83. The molecule has 1 amide bonds. The lowest BCUT2D eigenvalue weighted by Gasteiger charge is -2.11. The van der Waals surface area contributed by atoms with Crippen LogP contribution in [0.4, 0.5) is 0 Å². The predicted molar refractivity (Wildman–Crippen MR) is 85.3 cm³/mol. The van der Waals surface area contributed by atoms with E-state index in [0.717, 1.165) is 23.5 Å². The smallest absolute Gasteiger partial charge is 0.251 e. The number of nitrogens with one attached hydrogen (secondary N) is 1. The van der Waals surface area contributed by atoms with Crippen molar-refractivity contribution in [3.8, 4) is 5.69 Å². The van der Waals surface area contributed by atoms with Crippen molar-refractivity contribution in [1.29, 1.82) is 0 Å². The fourth-order valence-electron chi connectivity index (χ4n) is 2.04. The van der Waals surface area contributed by atoms with Crippen LogP contribution in [-0.2, 0) is 0 Å². The Morgan fingerprint density at radius 1 is 1.33 bits per heavy atom. The van der Waals surface area contributed by atoms with E-state index in [1.165, 1.54) is 0 Å². The summed E-state index contributed by atoms with van der Waals surface area (Å²) in [5, 5.41) is 8.02. The number of rotatable bonds is 4. The Morgan fingerprint density at radius 2 is 1.95 bits per heavy atom. The highest BCUT2D eigenvalue weighted by Crippen LogP contribution is 2.22. The quantitative estimate of drug-likeness (QED) is 0.937. The van der Waals surface area contributed by atoms with Crippen molar-refractivity contribution in [3.05, 3.63) is 46.2 Å². The highest BCUT2D eigenvalue weighted by atomic mass is 35.5. The first-order valence-electron chi connectivity index (χ1n) is 7.07. The van der Waals surface area contributed by atoms with Gasteiger partial charge in [-0.1, -0.05) is 18.5 Å². The molecule has 1 aromatic heterocycles. The van der Waals surface area contributed by atoms with Crippen molar-refractivity contribution < 1.29 is 4.79 Å². The zero-order valence-electron chi connectivity index (χ0n) is 12.8. The number of hydrogen-bond acceptors (Lipinski definition) is 2. The predicted octanol–water partition coefficient (Wildman–Crippen LogP) is 3.67. The van der Waals surface area contributed by atoms with E-state index in [1.807, 2.05) is 39.8 Å². The van der Waals surface area contributed by atoms with Gasteiger partial charge in [-0.2, -0.15) is 5.10 Å². The van der Waals surface area contributed by atoms with Crippen LogP contribution in [0.2, 0.25) is 5.02 Å². The molecule has 0 spiro atoms. The van der Waals surface area contributed by atoms with E-state index >= 15 is 0 Å². The summed E-state index contributed by atoms with van der Waals surface area (Å²) in [4.78, 5) is 12.0. The molecule has 21 heavy (non-hydrogen) atoms. The summed E-state index contributed by atoms with van der Waals surface area (Å²) in [6, 6.07) is 7.53. The third-order valence-electron chi connectivity index (χ3n) is 3.57. The number of amides is 1. The molecule has 112 valence electrons. The lowest BCUT2D eigenvalue weighted by atomic mass is 10.1. The van der Waals surface area contributed by atoms with Crippen molar-refractivity contribution in [2.24, 2.45) is 0 Å². The van der Waals surface area contributed by atoms with Gasteiger partial charge in [0.25, 0.3) is 5.91 Å². The van der Waals surface area contributed by atoms with E-state index in [9.17, 15) is 4.79 Å². The van der Waals surface area contributed by atoms with Gasteiger partial charge in [-0.05, 0) is 51.5 Å². The molecule has 1 heterocycles. The molecule has 1 N–H and O–H groups in total. The highest BCUT2D eigenvalue weighted by Gasteiger charge is 2.12. The molecule has 1 atom stereocenters. The summed E-state index contributed by atoms with van der Waals surface area (Å²) >= 11 is 6.16. The highest BCUT2D eigenvalue weighted by molar-refractivity contribution is 6.31. The van der Waals surface area contributed by atoms with E-state index in [4.69, 9.17) is 11.6 Å². The first-order chi connectivity index (χ1) is 9.93. The van der Waals surface area contributed by atoms with Crippen LogP contribution in [-0.4, -0.2) is 21.7 Å². The summed E-state index contributed by atoms with van der Waals surface area (Å²) in [7, 11) is 0. The Hall–Kier alpha value is -1.81. The standard InChI is InChI=1S/C16H20ClN3O/c1-5-10(2)18-16(21)13-6-8-14(9-7-13)20-12(4)15(17)11(3)19-20/h6-10H,5H2,1-4H3,(H,18,21). The van der Waals surface area contributed by atoms with E-state index in [-0.39, 0.29) is 11.9 Å². The molecule has 0 aliphatic carbocycles. The number of aromatic nitrogens is 2. The number of halogens is 1. The normalized spacial score (nSPS) is 12.2. The van der Waals surface area contributed by atoms with Gasteiger partial charge < -0.3 is 5.32 Å². The maximum absolute atomic E-state index is 12.0. The van der Waals surface area contributed by atoms with Gasteiger partial charge in [-0.15, -0.1) is 0 Å². The van der Waals surface area contributed by atoms with Gasteiger partial charge in [0.2, 0.25) is 0 Å². The van der Waals surface area contributed by atoms with Crippen LogP contribution in [0.3, 0.4) is 0 Å². The van der Waals surface area contributed by atoms with Crippen LogP contribution in [0, 0.1) is 13.8 Å². The van der Waals surface area contributed by atoms with Crippen molar-refractivity contribution >= 4 is 17.5 Å². The van der Waals surface area contributed by atoms with Gasteiger partial charge in [0, 0.05) is 11.6 Å². The fourth-order valence-corrected chi connectivity index (χ4v) is 2.16. The van der Waals surface area contributed by atoms with Gasteiger partial charge in [-0.25, -0.2) is 4.68 Å². The van der Waals surface area contributed by atoms with Crippen molar-refractivity contribution in [1.82, 2.24) is 15.1 Å². The van der Waals surface area contributed by atoms with E-state index in [0.29, 0.717) is 10.6 Å². The first kappa shape index (κ1) is 15.6. The van der Waals surface area contributed by atoms with Gasteiger partial charge >= 0.3 is 0 Å². The van der Waals surface area contributed by atoms with E-state index < -0.39 is 0 Å². The van der Waals surface area contributed by atoms with Gasteiger partial charge in [0.05, 0.1) is 22.1 Å². The molecule has 0 saturated carbocycles. The molecule has 1 unspecified atom stereocenters. The average Bonchev–Trinajstić information content (AvgIpc) is 2.75. The molecule has 1 aromatic carbocycles. The summed E-state index contributed by atoms with van der Waals surface area (Å²) in [6.07, 6.45) is 0.911. The number of carbonyl (C=O) groups excluding carboxylic acids is 1. The van der Waals surface area contributed by atoms with Crippen molar-refractivity contribution in [3.63, 3.8) is 0 Å². The summed E-state index contributed by atoms with van der Waals surface area (Å²) in [5.41, 5.74) is 3.23. The van der Waals surface area contributed by atoms with Gasteiger partial charge in [0.15, 0.2) is 0 Å². The molecule has 5 heteroatoms. The van der Waals surface area contributed by atoms with E-state index in [2.05, 4.69) is 10.4 Å². The van der Waals surface area contributed by atoms with Gasteiger partial charge in [0.1, 0.15) is 0 Å². The van der Waals surface area contributed by atoms with Crippen LogP contribution in [0.25, 0.3) is 5.69 Å². The molecule has 0 bridgehead atoms. The van der Waals surface area contributed by atoms with Crippen LogP contribution in [0.5, 0.6) is 0 Å². The fraction of sp³-hybridized carbons (Fsp3) is 0.375. The number of hydrogen-bond donors (Lipinski definition) is 1. The maximum atomic E-state index is 12.0. The second-order valence-corrected chi connectivity index (χ2v) is 5.60.